The van der Waals surface area contributed by atoms with Crippen molar-refractivity contribution in [3.8, 4) is 5.75 Å². The van der Waals surface area contributed by atoms with E-state index in [0.29, 0.717) is 0 Å². The number of aryl methyl sites for hydroxylation is 1. The first kappa shape index (κ1) is 7.47. The Balaban J connectivity index is 2.44. The molecule has 1 N–H and O–H groups in total. The highest BCUT2D eigenvalue weighted by Gasteiger charge is 2.11. The summed E-state index contributed by atoms with van der Waals surface area (Å²) in [6.07, 6.45) is 1.06. The zero-order chi connectivity index (χ0) is 8.39. The normalized spacial score (nSPS) is 14.4. The molecule has 0 radical (unpaired) electrons. The minimum absolute atomic E-state index is 0.778. The van der Waals surface area contributed by atoms with Crippen LogP contribution in [0.25, 0.3) is 0 Å². The molecule has 1 aliphatic heterocycles. The quantitative estimate of drug-likeness (QED) is 0.684. The summed E-state index contributed by atoms with van der Waals surface area (Å²) in [7, 11) is 0. The van der Waals surface area contributed by atoms with Gasteiger partial charge in [0.05, 0.1) is 5.69 Å². The smallest absolute Gasteiger partial charge is 0.142 e. The van der Waals surface area contributed by atoms with Crippen molar-refractivity contribution in [3.63, 3.8) is 0 Å². The van der Waals surface area contributed by atoms with Gasteiger partial charge in [-0.2, -0.15) is 0 Å². The van der Waals surface area contributed by atoms with Crippen molar-refractivity contribution < 1.29 is 4.74 Å². The van der Waals surface area contributed by atoms with E-state index in [1.165, 1.54) is 11.3 Å². The number of rotatable bonds is 1. The van der Waals surface area contributed by atoms with E-state index >= 15 is 0 Å². The number of fused-ring (bicyclic) bond motifs is 1. The van der Waals surface area contributed by atoms with E-state index in [1.807, 2.05) is 12.1 Å². The molecule has 1 aromatic rings. The van der Waals surface area contributed by atoms with Crippen LogP contribution in [0, 0.1) is 0 Å². The van der Waals surface area contributed by atoms with Crippen molar-refractivity contribution >= 4 is 5.69 Å². The summed E-state index contributed by atoms with van der Waals surface area (Å²) in [6, 6.07) is 6.20. The number of hydrogen-bond donors (Lipinski definition) is 1. The second-order valence-corrected chi connectivity index (χ2v) is 2.92. The standard InChI is InChI=1S/C10H13NO/c1-2-8-4-3-5-9-10(8)11-6-7-12-9/h3-5,11H,2,6-7H2,1H3. The minimum Gasteiger partial charge on any atom is -0.490 e. The highest BCUT2D eigenvalue weighted by molar-refractivity contribution is 5.63. The molecule has 0 saturated carbocycles. The lowest BCUT2D eigenvalue weighted by Crippen LogP contribution is -2.19. The number of benzene rings is 1. The van der Waals surface area contributed by atoms with Crippen LogP contribution in [-0.2, 0) is 6.42 Å². The number of hydrogen-bond acceptors (Lipinski definition) is 2. The second-order valence-electron chi connectivity index (χ2n) is 2.92. The van der Waals surface area contributed by atoms with Crippen molar-refractivity contribution in [2.75, 3.05) is 18.5 Å². The molecule has 1 heterocycles. The maximum Gasteiger partial charge on any atom is 0.142 e. The molecule has 64 valence electrons. The Hall–Kier alpha value is -1.18. The Kier molecular flexibility index (Phi) is 1.90. The van der Waals surface area contributed by atoms with Crippen molar-refractivity contribution in [1.29, 1.82) is 0 Å². The first-order valence-corrected chi connectivity index (χ1v) is 4.40. The summed E-state index contributed by atoms with van der Waals surface area (Å²) in [5, 5.41) is 3.36. The molecule has 2 rings (SSSR count). The molecule has 0 saturated heterocycles. The summed E-state index contributed by atoms with van der Waals surface area (Å²) < 4.78 is 5.50. The van der Waals surface area contributed by atoms with Gasteiger partial charge in [-0.3, -0.25) is 0 Å². The Morgan fingerprint density at radius 3 is 3.25 bits per heavy atom. The molecule has 0 amide bonds. The zero-order valence-electron chi connectivity index (χ0n) is 7.26. The fraction of sp³-hybridized carbons (Fsp3) is 0.400. The Bertz CT molecular complexity index is 269. The van der Waals surface area contributed by atoms with Gasteiger partial charge in [-0.25, -0.2) is 0 Å². The van der Waals surface area contributed by atoms with E-state index in [-0.39, 0.29) is 0 Å². The summed E-state index contributed by atoms with van der Waals surface area (Å²) in [6.45, 7) is 3.86. The number of anilines is 1. The SMILES string of the molecule is CCc1cccc2c1NCCO2. The van der Waals surface area contributed by atoms with E-state index in [4.69, 9.17) is 4.74 Å². The van der Waals surface area contributed by atoms with Crippen LogP contribution in [0.15, 0.2) is 18.2 Å². The largest absolute Gasteiger partial charge is 0.490 e. The first-order valence-electron chi connectivity index (χ1n) is 4.40. The maximum atomic E-state index is 5.50. The molecule has 0 unspecified atom stereocenters. The molecular weight excluding hydrogens is 150 g/mol. The van der Waals surface area contributed by atoms with Crippen molar-refractivity contribution in [2.45, 2.75) is 13.3 Å². The predicted molar refractivity (Wildman–Crippen MR) is 49.8 cm³/mol. The zero-order valence-corrected chi connectivity index (χ0v) is 7.26. The lowest BCUT2D eigenvalue weighted by molar-refractivity contribution is 0.323. The van der Waals surface area contributed by atoms with Crippen LogP contribution in [0.3, 0.4) is 0 Å². The van der Waals surface area contributed by atoms with E-state index in [0.717, 1.165) is 25.3 Å². The van der Waals surface area contributed by atoms with Crippen molar-refractivity contribution in [2.24, 2.45) is 0 Å². The molecule has 0 fully saturated rings. The Morgan fingerprint density at radius 2 is 2.42 bits per heavy atom. The molecule has 0 bridgehead atoms. The highest BCUT2D eigenvalue weighted by atomic mass is 16.5. The van der Waals surface area contributed by atoms with E-state index < -0.39 is 0 Å². The van der Waals surface area contributed by atoms with Crippen molar-refractivity contribution in [3.05, 3.63) is 23.8 Å². The van der Waals surface area contributed by atoms with Gasteiger partial charge in [0.1, 0.15) is 12.4 Å². The maximum absolute atomic E-state index is 5.50. The van der Waals surface area contributed by atoms with Gasteiger partial charge in [0.25, 0.3) is 0 Å². The number of para-hydroxylation sites is 1. The first-order chi connectivity index (χ1) is 5.92. The van der Waals surface area contributed by atoms with Crippen LogP contribution >= 0.6 is 0 Å². The van der Waals surface area contributed by atoms with Gasteiger partial charge in [-0.15, -0.1) is 0 Å². The van der Waals surface area contributed by atoms with Gasteiger partial charge in [0.15, 0.2) is 0 Å². The average molecular weight is 163 g/mol. The second kappa shape index (κ2) is 3.05. The van der Waals surface area contributed by atoms with E-state index in [2.05, 4.69) is 18.3 Å². The third kappa shape index (κ3) is 1.13. The lowest BCUT2D eigenvalue weighted by atomic mass is 10.1. The summed E-state index contributed by atoms with van der Waals surface area (Å²) in [5.74, 6) is 1.00. The predicted octanol–water partition coefficient (Wildman–Crippen LogP) is 2.05. The molecule has 1 aliphatic rings. The van der Waals surface area contributed by atoms with Crippen LogP contribution in [0.4, 0.5) is 5.69 Å². The van der Waals surface area contributed by atoms with E-state index in [9.17, 15) is 0 Å². The molecule has 1 aromatic carbocycles. The topological polar surface area (TPSA) is 21.3 Å². The molecular formula is C10H13NO. The molecule has 0 aliphatic carbocycles. The van der Waals surface area contributed by atoms with Crippen LogP contribution in [0.2, 0.25) is 0 Å². The van der Waals surface area contributed by atoms with Gasteiger partial charge in [-0.05, 0) is 18.1 Å². The Labute approximate surface area is 72.5 Å². The Morgan fingerprint density at radius 1 is 1.50 bits per heavy atom. The minimum atomic E-state index is 0.778. The van der Waals surface area contributed by atoms with Crippen molar-refractivity contribution in [1.82, 2.24) is 0 Å². The summed E-state index contributed by atoms with van der Waals surface area (Å²) in [5.41, 5.74) is 2.53. The molecule has 0 spiro atoms. The fourth-order valence-electron chi connectivity index (χ4n) is 1.53. The summed E-state index contributed by atoms with van der Waals surface area (Å²) in [4.78, 5) is 0. The van der Waals surface area contributed by atoms with Crippen LogP contribution in [0.1, 0.15) is 12.5 Å². The van der Waals surface area contributed by atoms with Gasteiger partial charge in [-0.1, -0.05) is 19.1 Å². The molecule has 0 aromatic heterocycles. The van der Waals surface area contributed by atoms with Crippen LogP contribution in [-0.4, -0.2) is 13.2 Å². The van der Waals surface area contributed by atoms with Crippen LogP contribution < -0.4 is 10.1 Å². The molecule has 0 atom stereocenters. The van der Waals surface area contributed by atoms with Gasteiger partial charge >= 0.3 is 0 Å². The van der Waals surface area contributed by atoms with Crippen LogP contribution in [0.5, 0.6) is 5.75 Å². The lowest BCUT2D eigenvalue weighted by Gasteiger charge is -2.21. The third-order valence-electron chi connectivity index (χ3n) is 2.15. The number of nitrogens with one attached hydrogen (secondary N) is 1. The van der Waals surface area contributed by atoms with Gasteiger partial charge in [0, 0.05) is 6.54 Å². The monoisotopic (exact) mass is 163 g/mol. The van der Waals surface area contributed by atoms with E-state index in [1.54, 1.807) is 0 Å². The fourth-order valence-corrected chi connectivity index (χ4v) is 1.53. The number of ether oxygens (including phenoxy) is 1. The molecule has 12 heavy (non-hydrogen) atoms. The third-order valence-corrected chi connectivity index (χ3v) is 2.15. The average Bonchev–Trinajstić information content (AvgIpc) is 2.17. The highest BCUT2D eigenvalue weighted by Crippen LogP contribution is 2.30. The van der Waals surface area contributed by atoms with Gasteiger partial charge < -0.3 is 10.1 Å². The van der Waals surface area contributed by atoms with Gasteiger partial charge in [0.2, 0.25) is 0 Å². The summed E-state index contributed by atoms with van der Waals surface area (Å²) >= 11 is 0. The molecule has 2 nitrogen and oxygen atoms in total. The molecule has 2 heteroatoms.